The number of thiazole rings is 1. The van der Waals surface area contributed by atoms with Gasteiger partial charge in [0.2, 0.25) is 0 Å². The Labute approximate surface area is 102 Å². The fraction of sp³-hybridized carbons (Fsp3) is 0.0909. The lowest BCUT2D eigenvalue weighted by atomic mass is 10.2. The summed E-state index contributed by atoms with van der Waals surface area (Å²) in [6.45, 7) is 0. The van der Waals surface area contributed by atoms with Crippen LogP contribution in [0.25, 0.3) is 10.6 Å². The van der Waals surface area contributed by atoms with Crippen LogP contribution in [0.3, 0.4) is 0 Å². The van der Waals surface area contributed by atoms with Gasteiger partial charge in [-0.05, 0) is 18.2 Å². The van der Waals surface area contributed by atoms with Crippen LogP contribution < -0.4 is 4.74 Å². The molecule has 1 aromatic carbocycles. The molecular formula is C11H8ClNO2S. The zero-order chi connectivity index (χ0) is 11.5. The zero-order valence-electron chi connectivity index (χ0n) is 8.44. The summed E-state index contributed by atoms with van der Waals surface area (Å²) in [6.07, 6.45) is 2.32. The van der Waals surface area contributed by atoms with Gasteiger partial charge in [0.1, 0.15) is 10.8 Å². The highest BCUT2D eigenvalue weighted by Crippen LogP contribution is 2.34. The number of hydrogen-bond acceptors (Lipinski definition) is 4. The third-order valence-electron chi connectivity index (χ3n) is 2.03. The quantitative estimate of drug-likeness (QED) is 0.788. The molecule has 16 heavy (non-hydrogen) atoms. The van der Waals surface area contributed by atoms with Gasteiger partial charge in [-0.2, -0.15) is 0 Å². The van der Waals surface area contributed by atoms with Gasteiger partial charge in [0.25, 0.3) is 0 Å². The lowest BCUT2D eigenvalue weighted by Gasteiger charge is -2.05. The molecule has 2 aromatic rings. The first-order valence-electron chi connectivity index (χ1n) is 4.49. The normalized spacial score (nSPS) is 10.1. The summed E-state index contributed by atoms with van der Waals surface area (Å²) in [4.78, 5) is 15.3. The Balaban J connectivity index is 2.50. The first-order valence-corrected chi connectivity index (χ1v) is 5.69. The predicted molar refractivity (Wildman–Crippen MR) is 64.5 cm³/mol. The van der Waals surface area contributed by atoms with Crippen LogP contribution in [0.2, 0.25) is 5.02 Å². The molecule has 1 heterocycles. The second-order valence-electron chi connectivity index (χ2n) is 3.03. The van der Waals surface area contributed by atoms with E-state index in [1.54, 1.807) is 25.4 Å². The number of carbonyl (C=O) groups excluding carboxylic acids is 1. The minimum Gasteiger partial charge on any atom is -0.496 e. The molecule has 0 aliphatic carbocycles. The first-order chi connectivity index (χ1) is 7.74. The minimum absolute atomic E-state index is 0.590. The Morgan fingerprint density at radius 2 is 2.31 bits per heavy atom. The Kier molecular flexibility index (Phi) is 3.22. The van der Waals surface area contributed by atoms with E-state index in [2.05, 4.69) is 4.98 Å². The van der Waals surface area contributed by atoms with Gasteiger partial charge in [0.15, 0.2) is 6.29 Å². The van der Waals surface area contributed by atoms with E-state index >= 15 is 0 Å². The molecule has 0 bridgehead atoms. The van der Waals surface area contributed by atoms with Crippen LogP contribution in [-0.4, -0.2) is 18.4 Å². The maximum absolute atomic E-state index is 10.6. The Morgan fingerprint density at radius 3 is 2.94 bits per heavy atom. The molecule has 0 N–H and O–H groups in total. The van der Waals surface area contributed by atoms with Crippen molar-refractivity contribution < 1.29 is 9.53 Å². The molecule has 1 aromatic heterocycles. The van der Waals surface area contributed by atoms with E-state index in [4.69, 9.17) is 16.3 Å². The number of aromatic nitrogens is 1. The van der Waals surface area contributed by atoms with Gasteiger partial charge < -0.3 is 4.74 Å². The average Bonchev–Trinajstić information content (AvgIpc) is 2.77. The number of nitrogens with zero attached hydrogens (tertiary/aromatic N) is 1. The molecule has 0 aliphatic rings. The third-order valence-corrected chi connectivity index (χ3v) is 3.22. The number of aldehydes is 1. The average molecular weight is 254 g/mol. The topological polar surface area (TPSA) is 39.2 Å². The second-order valence-corrected chi connectivity index (χ2v) is 4.53. The largest absolute Gasteiger partial charge is 0.496 e. The molecular weight excluding hydrogens is 246 g/mol. The van der Waals surface area contributed by atoms with Gasteiger partial charge in [0.05, 0.1) is 17.6 Å². The maximum atomic E-state index is 10.6. The summed E-state index contributed by atoms with van der Waals surface area (Å²) in [6, 6.07) is 5.31. The molecule has 0 amide bonds. The number of ether oxygens (including phenoxy) is 1. The highest BCUT2D eigenvalue weighted by atomic mass is 35.5. The van der Waals surface area contributed by atoms with Crippen molar-refractivity contribution in [3.05, 3.63) is 34.3 Å². The van der Waals surface area contributed by atoms with Crippen LogP contribution in [0.1, 0.15) is 9.67 Å². The molecule has 0 atom stereocenters. The monoisotopic (exact) mass is 253 g/mol. The molecule has 0 saturated heterocycles. The van der Waals surface area contributed by atoms with Crippen molar-refractivity contribution >= 4 is 29.2 Å². The van der Waals surface area contributed by atoms with Gasteiger partial charge in [-0.3, -0.25) is 4.79 Å². The number of halogens is 1. The third kappa shape index (κ3) is 2.08. The number of hydrogen-bond donors (Lipinski definition) is 0. The van der Waals surface area contributed by atoms with E-state index in [-0.39, 0.29) is 0 Å². The summed E-state index contributed by atoms with van der Waals surface area (Å²) in [7, 11) is 1.57. The number of rotatable bonds is 3. The lowest BCUT2D eigenvalue weighted by Crippen LogP contribution is -1.86. The molecule has 0 saturated carbocycles. The molecule has 2 rings (SSSR count). The standard InChI is InChI=1S/C11H8ClNO2S/c1-15-10-4-7(12)2-3-9(10)11-13-5-8(6-14)16-11/h2-6H,1H3. The van der Waals surface area contributed by atoms with E-state index in [1.807, 2.05) is 6.07 Å². The second kappa shape index (κ2) is 4.63. The highest BCUT2D eigenvalue weighted by Gasteiger charge is 2.10. The first kappa shape index (κ1) is 11.1. The Morgan fingerprint density at radius 1 is 1.50 bits per heavy atom. The van der Waals surface area contributed by atoms with Crippen molar-refractivity contribution in [2.45, 2.75) is 0 Å². The molecule has 0 unspecified atom stereocenters. The minimum atomic E-state index is 0.590. The number of benzene rings is 1. The molecule has 0 radical (unpaired) electrons. The fourth-order valence-electron chi connectivity index (χ4n) is 1.31. The van der Waals surface area contributed by atoms with E-state index < -0.39 is 0 Å². The van der Waals surface area contributed by atoms with Crippen molar-refractivity contribution in [3.63, 3.8) is 0 Å². The zero-order valence-corrected chi connectivity index (χ0v) is 10.0. The Hall–Kier alpha value is -1.39. The van der Waals surface area contributed by atoms with Crippen molar-refractivity contribution in [2.24, 2.45) is 0 Å². The van der Waals surface area contributed by atoms with Gasteiger partial charge in [-0.15, -0.1) is 11.3 Å². The van der Waals surface area contributed by atoms with Crippen LogP contribution >= 0.6 is 22.9 Å². The van der Waals surface area contributed by atoms with Gasteiger partial charge >= 0.3 is 0 Å². The van der Waals surface area contributed by atoms with Gasteiger partial charge in [-0.1, -0.05) is 11.6 Å². The van der Waals surface area contributed by atoms with Crippen molar-refractivity contribution in [1.82, 2.24) is 4.98 Å². The molecule has 0 aliphatic heterocycles. The SMILES string of the molecule is COc1cc(Cl)ccc1-c1ncc(C=O)s1. The van der Waals surface area contributed by atoms with Crippen LogP contribution in [0.5, 0.6) is 5.75 Å². The highest BCUT2D eigenvalue weighted by molar-refractivity contribution is 7.16. The summed E-state index contributed by atoms with van der Waals surface area (Å²) in [5.74, 6) is 0.652. The molecule has 0 spiro atoms. The summed E-state index contributed by atoms with van der Waals surface area (Å²) in [5, 5.41) is 1.35. The van der Waals surface area contributed by atoms with E-state index in [9.17, 15) is 4.79 Å². The van der Waals surface area contributed by atoms with Crippen LogP contribution in [0, 0.1) is 0 Å². The van der Waals surface area contributed by atoms with Crippen molar-refractivity contribution in [2.75, 3.05) is 7.11 Å². The molecule has 3 nitrogen and oxygen atoms in total. The fourth-order valence-corrected chi connectivity index (χ4v) is 2.23. The summed E-state index contributed by atoms with van der Waals surface area (Å²) >= 11 is 7.18. The number of carbonyl (C=O) groups is 1. The van der Waals surface area contributed by atoms with E-state index in [0.717, 1.165) is 16.9 Å². The summed E-state index contributed by atoms with van der Waals surface area (Å²) < 4.78 is 5.22. The number of methoxy groups -OCH3 is 1. The van der Waals surface area contributed by atoms with Gasteiger partial charge in [-0.25, -0.2) is 4.98 Å². The van der Waals surface area contributed by atoms with E-state index in [1.165, 1.54) is 11.3 Å². The smallest absolute Gasteiger partial charge is 0.161 e. The lowest BCUT2D eigenvalue weighted by molar-refractivity contribution is 0.112. The van der Waals surface area contributed by atoms with Crippen LogP contribution in [0.15, 0.2) is 24.4 Å². The van der Waals surface area contributed by atoms with Crippen molar-refractivity contribution in [1.29, 1.82) is 0 Å². The van der Waals surface area contributed by atoms with Crippen molar-refractivity contribution in [3.8, 4) is 16.3 Å². The predicted octanol–water partition coefficient (Wildman–Crippen LogP) is 3.28. The van der Waals surface area contributed by atoms with Crippen LogP contribution in [-0.2, 0) is 0 Å². The van der Waals surface area contributed by atoms with E-state index in [0.29, 0.717) is 15.6 Å². The molecule has 5 heteroatoms. The molecule has 0 fully saturated rings. The van der Waals surface area contributed by atoms with Gasteiger partial charge in [0, 0.05) is 11.2 Å². The molecule has 82 valence electrons. The summed E-state index contributed by atoms with van der Waals surface area (Å²) in [5.41, 5.74) is 0.838. The maximum Gasteiger partial charge on any atom is 0.161 e. The van der Waals surface area contributed by atoms with Crippen LogP contribution in [0.4, 0.5) is 0 Å². The Bertz CT molecular complexity index is 524.